The maximum Gasteiger partial charge on any atom is 0.407 e. The van der Waals surface area contributed by atoms with Crippen LogP contribution in [0.4, 0.5) is 10.8 Å². The number of fused-ring (bicyclic) bond motifs is 1. The number of ether oxygens (including phenoxy) is 1. The molecule has 7 heteroatoms. The molecule has 114 valence electrons. The fraction of sp³-hybridized carbons (Fsp3) is 0.429. The van der Waals surface area contributed by atoms with Gasteiger partial charge in [-0.3, -0.25) is 0 Å². The second-order valence-corrected chi connectivity index (χ2v) is 5.92. The summed E-state index contributed by atoms with van der Waals surface area (Å²) in [5.74, 6) is 0. The third-order valence-electron chi connectivity index (χ3n) is 2.42. The Hall–Kier alpha value is -1.95. The second-order valence-electron chi connectivity index (χ2n) is 5.49. The zero-order chi connectivity index (χ0) is 15.5. The van der Waals surface area contributed by atoms with Crippen LogP contribution in [0.15, 0.2) is 22.6 Å². The molecule has 0 fully saturated rings. The first-order valence-electron chi connectivity index (χ1n) is 6.60. The molecule has 0 unspecified atom stereocenters. The van der Waals surface area contributed by atoms with Crippen molar-refractivity contribution in [2.24, 2.45) is 0 Å². The minimum atomic E-state index is -0.503. The number of carbonyl (C=O) groups excluding carboxylic acids is 1. The maximum absolute atomic E-state index is 11.4. The summed E-state index contributed by atoms with van der Waals surface area (Å²) in [6, 6.07) is 5.62. The molecule has 0 saturated heterocycles. The van der Waals surface area contributed by atoms with Gasteiger partial charge in [0.2, 0.25) is 0 Å². The van der Waals surface area contributed by atoms with Gasteiger partial charge in [0.05, 0.1) is 0 Å². The van der Waals surface area contributed by atoms with Crippen LogP contribution in [0.25, 0.3) is 11.1 Å². The molecule has 0 bridgehead atoms. The van der Waals surface area contributed by atoms with Gasteiger partial charge in [-0.1, -0.05) is 11.6 Å². The summed E-state index contributed by atoms with van der Waals surface area (Å²) in [7, 11) is 0. The highest BCUT2D eigenvalue weighted by Gasteiger charge is 2.15. The van der Waals surface area contributed by atoms with E-state index in [9.17, 15) is 4.79 Å². The average Bonchev–Trinajstić information content (AvgIpc) is 2.74. The van der Waals surface area contributed by atoms with Gasteiger partial charge in [-0.15, -0.1) is 0 Å². The van der Waals surface area contributed by atoms with Crippen molar-refractivity contribution in [3.05, 3.63) is 23.2 Å². The second kappa shape index (κ2) is 6.22. The molecule has 0 aliphatic carbocycles. The van der Waals surface area contributed by atoms with E-state index >= 15 is 0 Å². The lowest BCUT2D eigenvalue weighted by Gasteiger charge is -2.19. The van der Waals surface area contributed by atoms with Crippen molar-refractivity contribution in [1.82, 2.24) is 10.3 Å². The molecule has 6 nitrogen and oxygen atoms in total. The molecule has 0 aliphatic rings. The number of halogens is 1. The number of nitrogens with one attached hydrogen (secondary N) is 2. The van der Waals surface area contributed by atoms with Crippen molar-refractivity contribution in [3.8, 4) is 0 Å². The summed E-state index contributed by atoms with van der Waals surface area (Å²) in [5.41, 5.74) is 0.837. The molecule has 2 aromatic rings. The van der Waals surface area contributed by atoms with Crippen LogP contribution in [0.3, 0.4) is 0 Å². The number of benzene rings is 1. The van der Waals surface area contributed by atoms with Gasteiger partial charge in [-0.2, -0.15) is 4.98 Å². The minimum Gasteiger partial charge on any atom is -0.444 e. The number of alkyl carbamates (subject to hydrolysis) is 1. The molecule has 1 heterocycles. The molecule has 21 heavy (non-hydrogen) atoms. The smallest absolute Gasteiger partial charge is 0.407 e. The van der Waals surface area contributed by atoms with Gasteiger partial charge >= 0.3 is 6.09 Å². The first-order chi connectivity index (χ1) is 9.83. The Morgan fingerprint density at radius 1 is 1.38 bits per heavy atom. The molecular formula is C14H18ClN3O3. The van der Waals surface area contributed by atoms with Crippen LogP contribution in [0.1, 0.15) is 20.8 Å². The van der Waals surface area contributed by atoms with Gasteiger partial charge in [-0.25, -0.2) is 4.79 Å². The van der Waals surface area contributed by atoms with Crippen LogP contribution in [0.5, 0.6) is 0 Å². The van der Waals surface area contributed by atoms with Crippen LogP contribution in [-0.4, -0.2) is 29.8 Å². The molecule has 1 aromatic carbocycles. The fourth-order valence-electron chi connectivity index (χ4n) is 1.62. The van der Waals surface area contributed by atoms with Gasteiger partial charge in [0, 0.05) is 24.2 Å². The van der Waals surface area contributed by atoms with Crippen LogP contribution in [0.2, 0.25) is 5.02 Å². The van der Waals surface area contributed by atoms with Crippen molar-refractivity contribution in [1.29, 1.82) is 0 Å². The van der Waals surface area contributed by atoms with E-state index in [0.717, 1.165) is 5.52 Å². The van der Waals surface area contributed by atoms with Gasteiger partial charge in [0.1, 0.15) is 11.1 Å². The molecule has 2 N–H and O–H groups in total. The van der Waals surface area contributed by atoms with E-state index in [1.54, 1.807) is 18.2 Å². The number of nitrogens with zero attached hydrogens (tertiary/aromatic N) is 1. The molecule has 0 radical (unpaired) electrons. The normalized spacial score (nSPS) is 11.4. The number of aromatic nitrogens is 1. The Labute approximate surface area is 127 Å². The number of carbonyl (C=O) groups is 1. The molecule has 0 saturated carbocycles. The van der Waals surface area contributed by atoms with E-state index < -0.39 is 11.7 Å². The summed E-state index contributed by atoms with van der Waals surface area (Å²) in [6.45, 7) is 6.31. The summed E-state index contributed by atoms with van der Waals surface area (Å²) < 4.78 is 10.6. The monoisotopic (exact) mass is 311 g/mol. The Balaban J connectivity index is 1.79. The van der Waals surface area contributed by atoms with Gasteiger partial charge in [0.15, 0.2) is 5.58 Å². The van der Waals surface area contributed by atoms with E-state index in [-0.39, 0.29) is 0 Å². The average molecular weight is 312 g/mol. The van der Waals surface area contributed by atoms with Crippen LogP contribution in [-0.2, 0) is 4.74 Å². The molecular weight excluding hydrogens is 294 g/mol. The topological polar surface area (TPSA) is 76.4 Å². The number of amides is 1. The molecule has 0 aliphatic heterocycles. The van der Waals surface area contributed by atoms with E-state index in [4.69, 9.17) is 20.8 Å². The lowest BCUT2D eigenvalue weighted by molar-refractivity contribution is 0.0530. The van der Waals surface area contributed by atoms with Crippen molar-refractivity contribution in [2.75, 3.05) is 18.4 Å². The highest BCUT2D eigenvalue weighted by atomic mass is 35.5. The summed E-state index contributed by atoms with van der Waals surface area (Å²) in [4.78, 5) is 15.7. The van der Waals surface area contributed by atoms with E-state index in [1.165, 1.54) is 0 Å². The van der Waals surface area contributed by atoms with E-state index in [1.807, 2.05) is 20.8 Å². The van der Waals surface area contributed by atoms with Crippen LogP contribution < -0.4 is 10.6 Å². The van der Waals surface area contributed by atoms with E-state index in [0.29, 0.717) is 29.7 Å². The highest BCUT2D eigenvalue weighted by molar-refractivity contribution is 6.31. The largest absolute Gasteiger partial charge is 0.444 e. The van der Waals surface area contributed by atoms with Gasteiger partial charge in [-0.05, 0) is 32.9 Å². The quantitative estimate of drug-likeness (QED) is 0.846. The number of hydrogen-bond donors (Lipinski definition) is 2. The Morgan fingerprint density at radius 2 is 2.14 bits per heavy atom. The van der Waals surface area contributed by atoms with Crippen LogP contribution in [0, 0.1) is 0 Å². The van der Waals surface area contributed by atoms with E-state index in [2.05, 4.69) is 15.6 Å². The lowest BCUT2D eigenvalue weighted by Crippen LogP contribution is -2.35. The summed E-state index contributed by atoms with van der Waals surface area (Å²) in [5, 5.41) is 6.21. The highest BCUT2D eigenvalue weighted by Crippen LogP contribution is 2.22. The third kappa shape index (κ3) is 4.82. The SMILES string of the molecule is CC(C)(C)OC(=O)NCCNc1nc2ccc(Cl)cc2o1. The standard InChI is InChI=1S/C14H18ClN3O3/c1-14(2,3)21-13(19)17-7-6-16-12-18-10-5-4-9(15)8-11(10)20-12/h4-5,8H,6-7H2,1-3H3,(H,16,18)(H,17,19). The molecule has 0 spiro atoms. The number of oxazole rings is 1. The summed E-state index contributed by atoms with van der Waals surface area (Å²) >= 11 is 5.87. The Bertz CT molecular complexity index is 634. The molecule has 1 amide bonds. The molecule has 0 atom stereocenters. The van der Waals surface area contributed by atoms with Crippen molar-refractivity contribution in [2.45, 2.75) is 26.4 Å². The van der Waals surface area contributed by atoms with Gasteiger partial charge in [0.25, 0.3) is 6.01 Å². The number of anilines is 1. The zero-order valence-electron chi connectivity index (χ0n) is 12.2. The van der Waals surface area contributed by atoms with Crippen molar-refractivity contribution in [3.63, 3.8) is 0 Å². The molecule has 1 aromatic heterocycles. The van der Waals surface area contributed by atoms with Gasteiger partial charge < -0.3 is 19.8 Å². The first kappa shape index (κ1) is 15.4. The third-order valence-corrected chi connectivity index (χ3v) is 2.66. The minimum absolute atomic E-state index is 0.387. The fourth-order valence-corrected chi connectivity index (χ4v) is 1.78. The number of hydrogen-bond acceptors (Lipinski definition) is 5. The first-order valence-corrected chi connectivity index (χ1v) is 6.98. The Morgan fingerprint density at radius 3 is 2.86 bits per heavy atom. The van der Waals surface area contributed by atoms with Crippen molar-refractivity contribution >= 4 is 34.8 Å². The number of rotatable bonds is 4. The van der Waals surface area contributed by atoms with Crippen LogP contribution >= 0.6 is 11.6 Å². The predicted molar refractivity (Wildman–Crippen MR) is 81.7 cm³/mol. The Kier molecular flexibility index (Phi) is 4.57. The maximum atomic E-state index is 11.4. The molecule has 2 rings (SSSR count). The van der Waals surface area contributed by atoms with Crippen molar-refractivity contribution < 1.29 is 13.9 Å². The predicted octanol–water partition coefficient (Wildman–Crippen LogP) is 3.42. The zero-order valence-corrected chi connectivity index (χ0v) is 13.0. The lowest BCUT2D eigenvalue weighted by atomic mass is 10.2. The summed E-state index contributed by atoms with van der Waals surface area (Å²) in [6.07, 6.45) is -0.450.